The number of carboxylic acids is 1. The molecule has 0 spiro atoms. The number of carboxylic acid groups (broad SMARTS) is 1. The average molecular weight is 662 g/mol. The Morgan fingerprint density at radius 1 is 0.930 bits per heavy atom. The molecule has 238 valence electrons. The Balaban J connectivity index is 1.23. The molecule has 15 heteroatoms. The summed E-state index contributed by atoms with van der Waals surface area (Å²) in [7, 11) is -4.12. The van der Waals surface area contributed by atoms with Crippen molar-refractivity contribution in [1.82, 2.24) is 19.4 Å². The van der Waals surface area contributed by atoms with Crippen LogP contribution < -0.4 is 5.32 Å². The highest BCUT2D eigenvalue weighted by Gasteiger charge is 2.41. The van der Waals surface area contributed by atoms with E-state index in [9.17, 15) is 32.7 Å². The molecule has 2 N–H and O–H groups in total. The summed E-state index contributed by atoms with van der Waals surface area (Å²) in [6.07, 6.45) is 4.42. The molecule has 3 heterocycles. The summed E-state index contributed by atoms with van der Waals surface area (Å²) in [6, 6.07) is 1.43. The molecule has 12 nitrogen and oxygen atoms in total. The van der Waals surface area contributed by atoms with Gasteiger partial charge in [0.05, 0.1) is 11.5 Å². The fourth-order valence-corrected chi connectivity index (χ4v) is 8.21. The Kier molecular flexibility index (Phi) is 11.5. The SMILES string of the molecule is O=C(O)C(CCC(=O)N1CCC(CCOC(=O)N2CCCC2)CC1)NC(=O)[C@@H]1CCCN1S(=O)(=O)c1cc(Cl)cc(Cl)c1. The van der Waals surface area contributed by atoms with Crippen LogP contribution in [0.3, 0.4) is 0 Å². The van der Waals surface area contributed by atoms with E-state index in [4.69, 9.17) is 27.9 Å². The van der Waals surface area contributed by atoms with Crippen molar-refractivity contribution in [3.8, 4) is 0 Å². The standard InChI is InChI=1S/C28H38Cl2N4O8S/c29-20-16-21(30)18-22(17-20)43(40,41)34-12-3-4-24(34)26(36)31-23(27(37)38)5-6-25(35)32-13-7-19(8-14-32)9-15-42-28(39)33-10-1-2-11-33/h16-19,23-24H,1-15H2,(H,31,36)(H,37,38)/t23?,24-/m0/s1. The van der Waals surface area contributed by atoms with Crippen LogP contribution in [0.4, 0.5) is 4.79 Å². The number of aliphatic carboxylic acids is 1. The van der Waals surface area contributed by atoms with Gasteiger partial charge in [-0.05, 0) is 75.5 Å². The van der Waals surface area contributed by atoms with Crippen molar-refractivity contribution >= 4 is 57.1 Å². The molecule has 0 aromatic heterocycles. The minimum atomic E-state index is -4.12. The number of nitrogens with zero attached hydrogens (tertiary/aromatic N) is 3. The number of carbonyl (C=O) groups excluding carboxylic acids is 3. The first kappa shape index (κ1) is 33.3. The third kappa shape index (κ3) is 8.74. The van der Waals surface area contributed by atoms with Gasteiger partial charge in [0.1, 0.15) is 12.1 Å². The highest BCUT2D eigenvalue weighted by Crippen LogP contribution is 2.30. The second-order valence-corrected chi connectivity index (χ2v) is 14.0. The van der Waals surface area contributed by atoms with E-state index in [0.29, 0.717) is 32.0 Å². The number of hydrogen-bond acceptors (Lipinski definition) is 7. The van der Waals surface area contributed by atoms with Crippen molar-refractivity contribution in [3.05, 3.63) is 28.2 Å². The summed E-state index contributed by atoms with van der Waals surface area (Å²) in [5.74, 6) is -1.92. The van der Waals surface area contributed by atoms with E-state index in [1.165, 1.54) is 18.2 Å². The second-order valence-electron chi connectivity index (χ2n) is 11.2. The van der Waals surface area contributed by atoms with Gasteiger partial charge in [-0.1, -0.05) is 23.2 Å². The van der Waals surface area contributed by atoms with Crippen LogP contribution in [0.2, 0.25) is 10.0 Å². The number of nitrogens with one attached hydrogen (secondary N) is 1. The van der Waals surface area contributed by atoms with Gasteiger partial charge in [-0.3, -0.25) is 9.59 Å². The number of amides is 3. The third-order valence-corrected chi connectivity index (χ3v) is 10.6. The number of hydrogen-bond donors (Lipinski definition) is 2. The molecule has 0 bridgehead atoms. The largest absolute Gasteiger partial charge is 0.480 e. The maximum absolute atomic E-state index is 13.3. The van der Waals surface area contributed by atoms with Crippen LogP contribution in [-0.4, -0.2) is 103 Å². The van der Waals surface area contributed by atoms with E-state index in [1.807, 2.05) is 0 Å². The zero-order valence-electron chi connectivity index (χ0n) is 23.9. The summed E-state index contributed by atoms with van der Waals surface area (Å²) < 4.78 is 33.0. The van der Waals surface area contributed by atoms with E-state index in [1.54, 1.807) is 9.80 Å². The lowest BCUT2D eigenvalue weighted by Crippen LogP contribution is -2.51. The zero-order chi connectivity index (χ0) is 31.1. The summed E-state index contributed by atoms with van der Waals surface area (Å²) >= 11 is 12.0. The predicted octanol–water partition coefficient (Wildman–Crippen LogP) is 3.36. The Morgan fingerprint density at radius 3 is 2.21 bits per heavy atom. The lowest BCUT2D eigenvalue weighted by atomic mass is 9.93. The van der Waals surface area contributed by atoms with Crippen molar-refractivity contribution in [1.29, 1.82) is 0 Å². The number of likely N-dealkylation sites (tertiary alicyclic amines) is 2. The molecule has 43 heavy (non-hydrogen) atoms. The fourth-order valence-electron chi connectivity index (χ4n) is 5.83. The third-order valence-electron chi connectivity index (χ3n) is 8.29. The molecule has 2 atom stereocenters. The fraction of sp³-hybridized carbons (Fsp3) is 0.643. The Morgan fingerprint density at radius 2 is 1.58 bits per heavy atom. The first-order valence-corrected chi connectivity index (χ1v) is 16.9. The van der Waals surface area contributed by atoms with Crippen molar-refractivity contribution in [3.63, 3.8) is 0 Å². The Labute approximate surface area is 261 Å². The molecule has 3 amide bonds. The summed E-state index contributed by atoms with van der Waals surface area (Å²) in [4.78, 5) is 53.2. The van der Waals surface area contributed by atoms with Crippen LogP contribution in [0, 0.1) is 5.92 Å². The number of halogens is 2. The summed E-state index contributed by atoms with van der Waals surface area (Å²) in [5.41, 5.74) is 0. The van der Waals surface area contributed by atoms with Gasteiger partial charge in [0.25, 0.3) is 0 Å². The number of benzene rings is 1. The Bertz CT molecular complexity index is 1280. The molecular weight excluding hydrogens is 623 g/mol. The molecule has 4 rings (SSSR count). The van der Waals surface area contributed by atoms with Gasteiger partial charge in [-0.2, -0.15) is 4.31 Å². The predicted molar refractivity (Wildman–Crippen MR) is 158 cm³/mol. The maximum Gasteiger partial charge on any atom is 0.409 e. The van der Waals surface area contributed by atoms with Crippen LogP contribution in [-0.2, 0) is 29.1 Å². The van der Waals surface area contributed by atoms with E-state index >= 15 is 0 Å². The van der Waals surface area contributed by atoms with Crippen LogP contribution >= 0.6 is 23.2 Å². The van der Waals surface area contributed by atoms with Crippen molar-refractivity contribution in [2.45, 2.75) is 74.8 Å². The molecule has 0 radical (unpaired) electrons. The second kappa shape index (κ2) is 14.9. The number of sulfonamides is 1. The molecule has 1 aromatic rings. The van der Waals surface area contributed by atoms with Crippen molar-refractivity contribution < 1.29 is 37.4 Å². The smallest absolute Gasteiger partial charge is 0.409 e. The first-order chi connectivity index (χ1) is 20.5. The molecule has 0 saturated carbocycles. The number of rotatable bonds is 11. The lowest BCUT2D eigenvalue weighted by Gasteiger charge is -2.32. The van der Waals surface area contributed by atoms with E-state index in [0.717, 1.165) is 49.5 Å². The summed E-state index contributed by atoms with van der Waals surface area (Å²) in [5, 5.41) is 12.4. The minimum Gasteiger partial charge on any atom is -0.480 e. The van der Waals surface area contributed by atoms with Gasteiger partial charge in [0.15, 0.2) is 0 Å². The zero-order valence-corrected chi connectivity index (χ0v) is 26.2. The first-order valence-electron chi connectivity index (χ1n) is 14.7. The maximum atomic E-state index is 13.3. The van der Waals surface area contributed by atoms with Crippen molar-refractivity contribution in [2.75, 3.05) is 39.3 Å². The van der Waals surface area contributed by atoms with Gasteiger partial charge >= 0.3 is 12.1 Å². The quantitative estimate of drug-likeness (QED) is 0.366. The number of carbonyl (C=O) groups is 4. The van der Waals surface area contributed by atoms with Gasteiger partial charge in [-0.25, -0.2) is 18.0 Å². The number of ether oxygens (including phenoxy) is 1. The van der Waals surface area contributed by atoms with Crippen LogP contribution in [0.15, 0.2) is 23.1 Å². The molecule has 1 aromatic carbocycles. The Hall–Kier alpha value is -2.61. The number of piperidine rings is 1. The van der Waals surface area contributed by atoms with Crippen molar-refractivity contribution in [2.24, 2.45) is 5.92 Å². The van der Waals surface area contributed by atoms with Crippen LogP contribution in [0.1, 0.15) is 57.8 Å². The molecule has 3 aliphatic heterocycles. The molecule has 3 aliphatic rings. The highest BCUT2D eigenvalue weighted by atomic mass is 35.5. The van der Waals surface area contributed by atoms with Gasteiger partial charge in [0.2, 0.25) is 21.8 Å². The lowest BCUT2D eigenvalue weighted by molar-refractivity contribution is -0.143. The van der Waals surface area contributed by atoms with Gasteiger partial charge in [-0.15, -0.1) is 0 Å². The molecule has 1 unspecified atom stereocenters. The normalized spacial score (nSPS) is 20.7. The molecule has 3 saturated heterocycles. The average Bonchev–Trinajstić information content (AvgIpc) is 3.68. The van der Waals surface area contributed by atoms with E-state index < -0.39 is 34.0 Å². The van der Waals surface area contributed by atoms with E-state index in [-0.39, 0.29) is 52.7 Å². The van der Waals surface area contributed by atoms with Gasteiger partial charge in [0, 0.05) is 49.2 Å². The summed E-state index contributed by atoms with van der Waals surface area (Å²) in [6.45, 7) is 2.96. The molecule has 3 fully saturated rings. The van der Waals surface area contributed by atoms with Crippen LogP contribution in [0.25, 0.3) is 0 Å². The highest BCUT2D eigenvalue weighted by molar-refractivity contribution is 7.89. The molecule has 0 aliphatic carbocycles. The topological polar surface area (TPSA) is 154 Å². The van der Waals surface area contributed by atoms with Crippen LogP contribution in [0.5, 0.6) is 0 Å². The monoisotopic (exact) mass is 660 g/mol. The minimum absolute atomic E-state index is 0.0803. The molecular formula is C28H38Cl2N4O8S. The van der Waals surface area contributed by atoms with E-state index in [2.05, 4.69) is 5.32 Å². The van der Waals surface area contributed by atoms with Gasteiger partial charge < -0.3 is 25.0 Å².